The van der Waals surface area contributed by atoms with Gasteiger partial charge >= 0.3 is 0 Å². The SMILES string of the molecule is CN(C)c1cc([C@H]2CCC2c2ccccc2)nc(N(C)C)n1.CNc1nccc(N(C)C)n1. The van der Waals surface area contributed by atoms with Gasteiger partial charge in [-0.2, -0.15) is 9.97 Å². The lowest BCUT2D eigenvalue weighted by molar-refractivity contribution is 0.339. The van der Waals surface area contributed by atoms with Gasteiger partial charge in [0.1, 0.15) is 11.6 Å². The van der Waals surface area contributed by atoms with Crippen LogP contribution < -0.4 is 20.0 Å². The number of aromatic nitrogens is 4. The van der Waals surface area contributed by atoms with Gasteiger partial charge in [-0.15, -0.1) is 0 Å². The molecule has 0 radical (unpaired) electrons. The van der Waals surface area contributed by atoms with Crippen molar-refractivity contribution in [2.24, 2.45) is 0 Å². The summed E-state index contributed by atoms with van der Waals surface area (Å²) in [7, 11) is 13.7. The topological polar surface area (TPSA) is 73.3 Å². The zero-order valence-electron chi connectivity index (χ0n) is 20.8. The van der Waals surface area contributed by atoms with Crippen LogP contribution in [0.15, 0.2) is 48.7 Å². The minimum Gasteiger partial charge on any atom is -0.363 e. The van der Waals surface area contributed by atoms with Crippen molar-refractivity contribution in [1.29, 1.82) is 0 Å². The van der Waals surface area contributed by atoms with Crippen molar-refractivity contribution in [3.8, 4) is 0 Å². The molecular formula is C25H36N8. The zero-order chi connectivity index (χ0) is 24.0. The molecule has 0 bridgehead atoms. The fraction of sp³-hybridized carbons (Fsp3) is 0.440. The van der Waals surface area contributed by atoms with Gasteiger partial charge in [-0.25, -0.2) is 9.97 Å². The molecule has 1 N–H and O–H groups in total. The first-order chi connectivity index (χ1) is 15.8. The second kappa shape index (κ2) is 10.9. The molecule has 0 saturated heterocycles. The Morgan fingerprint density at radius 2 is 1.42 bits per heavy atom. The van der Waals surface area contributed by atoms with E-state index in [4.69, 9.17) is 4.98 Å². The molecule has 1 aliphatic carbocycles. The Kier molecular flexibility index (Phi) is 8.03. The number of hydrogen-bond donors (Lipinski definition) is 1. The third-order valence-corrected chi connectivity index (χ3v) is 5.78. The van der Waals surface area contributed by atoms with E-state index in [1.54, 1.807) is 13.2 Å². The standard InChI is InChI=1S/C18H24N4.C7H12N4/c1-21(2)17-12-16(19-18(20-17)22(3)4)15-11-10-14(15)13-8-6-5-7-9-13;1-8-7-9-5-4-6(10-7)11(2)3/h5-9,12,14-15H,10-11H2,1-4H3;4-5H,1-3H3,(H,8,9,10)/t14?,15-;/m0./s1. The van der Waals surface area contributed by atoms with Gasteiger partial charge in [-0.05, 0) is 30.4 Å². The molecule has 0 amide bonds. The van der Waals surface area contributed by atoms with Gasteiger partial charge in [0.25, 0.3) is 0 Å². The van der Waals surface area contributed by atoms with Gasteiger partial charge in [-0.3, -0.25) is 0 Å². The molecule has 176 valence electrons. The molecule has 8 nitrogen and oxygen atoms in total. The van der Waals surface area contributed by atoms with Crippen molar-refractivity contribution in [2.45, 2.75) is 24.7 Å². The van der Waals surface area contributed by atoms with Crippen molar-refractivity contribution in [1.82, 2.24) is 19.9 Å². The Bertz CT molecular complexity index is 994. The summed E-state index contributed by atoms with van der Waals surface area (Å²) in [5.74, 6) is 4.41. The molecule has 1 saturated carbocycles. The highest BCUT2D eigenvalue weighted by Gasteiger charge is 2.35. The van der Waals surface area contributed by atoms with Gasteiger partial charge in [0.15, 0.2) is 0 Å². The van der Waals surface area contributed by atoms with Crippen molar-refractivity contribution >= 4 is 23.5 Å². The maximum Gasteiger partial charge on any atom is 0.227 e. The summed E-state index contributed by atoms with van der Waals surface area (Å²) < 4.78 is 0. The van der Waals surface area contributed by atoms with Crippen LogP contribution in [0.2, 0.25) is 0 Å². The quantitative estimate of drug-likeness (QED) is 0.610. The first kappa shape index (κ1) is 24.2. The van der Waals surface area contributed by atoms with E-state index in [1.165, 1.54) is 24.1 Å². The summed E-state index contributed by atoms with van der Waals surface area (Å²) in [5.41, 5.74) is 2.60. The Morgan fingerprint density at radius 1 is 0.758 bits per heavy atom. The monoisotopic (exact) mass is 448 g/mol. The minimum absolute atomic E-state index is 0.503. The lowest BCUT2D eigenvalue weighted by Gasteiger charge is -2.37. The minimum atomic E-state index is 0.503. The summed E-state index contributed by atoms with van der Waals surface area (Å²) >= 11 is 0. The molecule has 1 fully saturated rings. The smallest absolute Gasteiger partial charge is 0.227 e. The number of nitrogens with one attached hydrogen (secondary N) is 1. The van der Waals surface area contributed by atoms with E-state index in [-0.39, 0.29) is 0 Å². The van der Waals surface area contributed by atoms with Crippen LogP contribution in [0.25, 0.3) is 0 Å². The predicted molar refractivity (Wildman–Crippen MR) is 138 cm³/mol. The average Bonchev–Trinajstić information content (AvgIpc) is 2.79. The van der Waals surface area contributed by atoms with E-state index in [1.807, 2.05) is 63.1 Å². The highest BCUT2D eigenvalue weighted by atomic mass is 15.3. The summed E-state index contributed by atoms with van der Waals surface area (Å²) in [4.78, 5) is 23.6. The van der Waals surface area contributed by atoms with Crippen LogP contribution in [-0.4, -0.2) is 69.3 Å². The van der Waals surface area contributed by atoms with E-state index < -0.39 is 0 Å². The first-order valence-electron chi connectivity index (χ1n) is 11.3. The van der Waals surface area contributed by atoms with Crippen LogP contribution in [0.3, 0.4) is 0 Å². The van der Waals surface area contributed by atoms with Crippen LogP contribution in [0.5, 0.6) is 0 Å². The second-order valence-electron chi connectivity index (χ2n) is 8.82. The predicted octanol–water partition coefficient (Wildman–Crippen LogP) is 3.85. The highest BCUT2D eigenvalue weighted by molar-refractivity contribution is 5.46. The molecule has 33 heavy (non-hydrogen) atoms. The number of benzene rings is 1. The van der Waals surface area contributed by atoms with Crippen molar-refractivity contribution in [3.05, 3.63) is 59.9 Å². The van der Waals surface area contributed by atoms with E-state index in [0.29, 0.717) is 17.8 Å². The molecule has 4 rings (SSSR count). The van der Waals surface area contributed by atoms with E-state index in [2.05, 4.69) is 56.7 Å². The molecular weight excluding hydrogens is 412 g/mol. The van der Waals surface area contributed by atoms with Crippen molar-refractivity contribution in [2.75, 3.05) is 69.4 Å². The molecule has 1 aromatic carbocycles. The van der Waals surface area contributed by atoms with Gasteiger partial charge in [0.2, 0.25) is 11.9 Å². The summed E-state index contributed by atoms with van der Waals surface area (Å²) in [6.07, 6.45) is 4.18. The maximum absolute atomic E-state index is 4.80. The number of rotatable bonds is 6. The average molecular weight is 449 g/mol. The number of anilines is 4. The summed E-state index contributed by atoms with van der Waals surface area (Å²) in [5, 5.41) is 2.87. The second-order valence-corrected chi connectivity index (χ2v) is 8.82. The molecule has 1 aliphatic rings. The molecule has 2 aromatic heterocycles. The molecule has 1 unspecified atom stereocenters. The molecule has 2 atom stereocenters. The van der Waals surface area contributed by atoms with Gasteiger partial charge in [0.05, 0.1) is 5.69 Å². The maximum atomic E-state index is 4.80. The van der Waals surface area contributed by atoms with Crippen LogP contribution in [-0.2, 0) is 0 Å². The number of nitrogens with zero attached hydrogens (tertiary/aromatic N) is 7. The Balaban J connectivity index is 0.000000235. The summed E-state index contributed by atoms with van der Waals surface area (Å²) in [6, 6.07) is 14.8. The van der Waals surface area contributed by atoms with Crippen molar-refractivity contribution in [3.63, 3.8) is 0 Å². The van der Waals surface area contributed by atoms with Gasteiger partial charge in [0, 0.05) is 67.5 Å². The van der Waals surface area contributed by atoms with Crippen LogP contribution in [0.1, 0.15) is 35.9 Å². The van der Waals surface area contributed by atoms with E-state index >= 15 is 0 Å². The van der Waals surface area contributed by atoms with E-state index in [9.17, 15) is 0 Å². The zero-order valence-corrected chi connectivity index (χ0v) is 20.8. The fourth-order valence-electron chi connectivity index (χ4n) is 3.73. The Morgan fingerprint density at radius 3 is 1.97 bits per heavy atom. The largest absolute Gasteiger partial charge is 0.363 e. The lowest BCUT2D eigenvalue weighted by atomic mass is 9.68. The van der Waals surface area contributed by atoms with Gasteiger partial charge < -0.3 is 20.0 Å². The first-order valence-corrected chi connectivity index (χ1v) is 11.3. The molecule has 2 heterocycles. The Labute approximate surface area is 197 Å². The van der Waals surface area contributed by atoms with Crippen LogP contribution in [0.4, 0.5) is 23.5 Å². The van der Waals surface area contributed by atoms with E-state index in [0.717, 1.165) is 17.6 Å². The normalized spacial score (nSPS) is 16.7. The third kappa shape index (κ3) is 6.09. The molecule has 8 heteroatoms. The highest BCUT2D eigenvalue weighted by Crippen LogP contribution is 2.48. The van der Waals surface area contributed by atoms with Crippen LogP contribution >= 0.6 is 0 Å². The number of hydrogen-bond acceptors (Lipinski definition) is 8. The molecule has 0 aliphatic heterocycles. The van der Waals surface area contributed by atoms with Gasteiger partial charge in [-0.1, -0.05) is 30.3 Å². The molecule has 3 aromatic rings. The lowest BCUT2D eigenvalue weighted by Crippen LogP contribution is -2.25. The molecule has 0 spiro atoms. The third-order valence-electron chi connectivity index (χ3n) is 5.78. The fourth-order valence-corrected chi connectivity index (χ4v) is 3.73. The van der Waals surface area contributed by atoms with Crippen molar-refractivity contribution < 1.29 is 0 Å². The van der Waals surface area contributed by atoms with Crippen LogP contribution in [0, 0.1) is 0 Å². The summed E-state index contributed by atoms with van der Waals surface area (Å²) in [6.45, 7) is 0. The Hall–Kier alpha value is -3.42.